The molecule has 5 heteroatoms. The minimum atomic E-state index is -2.54. The zero-order valence-electron chi connectivity index (χ0n) is 6.45. The predicted molar refractivity (Wildman–Crippen MR) is 51.9 cm³/mol. The summed E-state index contributed by atoms with van der Waals surface area (Å²) in [6.07, 6.45) is 1.46. The summed E-state index contributed by atoms with van der Waals surface area (Å²) in [6, 6.07) is 5.05. The first-order valence-electron chi connectivity index (χ1n) is 3.59. The SMILES string of the molecule is O=[SH](=O)c1c[nH]c2cc(Cl)ccc12. The summed E-state index contributed by atoms with van der Waals surface area (Å²) in [6.45, 7) is 0. The number of fused-ring (bicyclic) bond motifs is 1. The van der Waals surface area contributed by atoms with Gasteiger partial charge in [0.2, 0.25) is 0 Å². The van der Waals surface area contributed by atoms with Crippen molar-refractivity contribution in [3.63, 3.8) is 0 Å². The number of halogens is 1. The third-order valence-corrected chi connectivity index (χ3v) is 2.82. The molecule has 0 spiro atoms. The van der Waals surface area contributed by atoms with Crippen LogP contribution in [0.2, 0.25) is 5.02 Å². The van der Waals surface area contributed by atoms with Crippen LogP contribution in [-0.4, -0.2) is 13.4 Å². The number of nitrogens with one attached hydrogen (secondary N) is 1. The predicted octanol–water partition coefficient (Wildman–Crippen LogP) is 1.79. The van der Waals surface area contributed by atoms with Gasteiger partial charge in [-0.25, -0.2) is 8.42 Å². The van der Waals surface area contributed by atoms with Crippen molar-refractivity contribution in [3.8, 4) is 0 Å². The van der Waals surface area contributed by atoms with Gasteiger partial charge < -0.3 is 4.98 Å². The Kier molecular flexibility index (Phi) is 2.01. The molecular formula is C8H6ClNO2S. The fourth-order valence-electron chi connectivity index (χ4n) is 1.23. The number of benzene rings is 1. The van der Waals surface area contributed by atoms with Crippen molar-refractivity contribution in [2.45, 2.75) is 4.90 Å². The quantitative estimate of drug-likeness (QED) is 0.713. The number of hydrogen-bond acceptors (Lipinski definition) is 2. The van der Waals surface area contributed by atoms with Crippen LogP contribution in [0.4, 0.5) is 0 Å². The van der Waals surface area contributed by atoms with E-state index in [0.29, 0.717) is 15.3 Å². The molecule has 2 rings (SSSR count). The van der Waals surface area contributed by atoms with E-state index in [2.05, 4.69) is 4.98 Å². The van der Waals surface area contributed by atoms with Gasteiger partial charge in [0.1, 0.15) is 0 Å². The van der Waals surface area contributed by atoms with E-state index in [4.69, 9.17) is 11.6 Å². The summed E-state index contributed by atoms with van der Waals surface area (Å²) in [5, 5.41) is 1.27. The van der Waals surface area contributed by atoms with E-state index in [0.717, 1.165) is 5.52 Å². The highest BCUT2D eigenvalue weighted by molar-refractivity contribution is 7.72. The molecule has 0 bridgehead atoms. The maximum Gasteiger partial charge on any atom is 0.170 e. The molecule has 68 valence electrons. The van der Waals surface area contributed by atoms with Gasteiger partial charge in [0, 0.05) is 22.1 Å². The Labute approximate surface area is 81.3 Å². The van der Waals surface area contributed by atoms with Crippen molar-refractivity contribution < 1.29 is 8.42 Å². The van der Waals surface area contributed by atoms with Crippen LogP contribution >= 0.6 is 11.6 Å². The number of aromatic nitrogens is 1. The normalized spacial score (nSPS) is 11.2. The minimum absolute atomic E-state index is 0.307. The summed E-state index contributed by atoms with van der Waals surface area (Å²) in [5.74, 6) is 0. The highest BCUT2D eigenvalue weighted by Gasteiger charge is 2.04. The van der Waals surface area contributed by atoms with Crippen LogP contribution in [-0.2, 0) is 10.7 Å². The molecule has 1 heterocycles. The molecule has 3 nitrogen and oxygen atoms in total. The standard InChI is InChI=1S/C8H6ClNO2S/c9-5-1-2-6-7(3-5)10-4-8(6)13(11)12/h1-4,10,13H. The van der Waals surface area contributed by atoms with Gasteiger partial charge >= 0.3 is 0 Å². The molecular weight excluding hydrogens is 210 g/mol. The summed E-state index contributed by atoms with van der Waals surface area (Å²) in [4.78, 5) is 3.15. The molecule has 0 aliphatic rings. The molecule has 0 aliphatic heterocycles. The fraction of sp³-hybridized carbons (Fsp3) is 0. The van der Waals surface area contributed by atoms with Crippen LogP contribution in [0.5, 0.6) is 0 Å². The Morgan fingerprint density at radius 3 is 2.77 bits per heavy atom. The van der Waals surface area contributed by atoms with Crippen LogP contribution in [0.25, 0.3) is 10.9 Å². The van der Waals surface area contributed by atoms with Gasteiger partial charge in [-0.2, -0.15) is 0 Å². The van der Waals surface area contributed by atoms with Gasteiger partial charge in [-0.3, -0.25) is 0 Å². The lowest BCUT2D eigenvalue weighted by molar-refractivity contribution is 0.615. The van der Waals surface area contributed by atoms with Crippen molar-refractivity contribution >= 4 is 33.2 Å². The summed E-state index contributed by atoms with van der Waals surface area (Å²) in [7, 11) is -2.54. The Morgan fingerprint density at radius 1 is 1.31 bits per heavy atom. The van der Waals surface area contributed by atoms with Gasteiger partial charge in [-0.05, 0) is 12.1 Å². The number of aromatic amines is 1. The molecule has 2 aromatic rings. The van der Waals surface area contributed by atoms with Gasteiger partial charge in [0.25, 0.3) is 0 Å². The Hall–Kier alpha value is -1.00. The maximum atomic E-state index is 10.7. The monoisotopic (exact) mass is 215 g/mol. The highest BCUT2D eigenvalue weighted by atomic mass is 35.5. The van der Waals surface area contributed by atoms with Crippen LogP contribution in [0, 0.1) is 0 Å². The second kappa shape index (κ2) is 3.05. The van der Waals surface area contributed by atoms with Gasteiger partial charge in [-0.1, -0.05) is 17.7 Å². The van der Waals surface area contributed by atoms with Crippen molar-refractivity contribution in [2.24, 2.45) is 0 Å². The molecule has 0 amide bonds. The molecule has 1 aromatic heterocycles. The molecule has 0 saturated carbocycles. The van der Waals surface area contributed by atoms with E-state index in [1.54, 1.807) is 18.2 Å². The number of rotatable bonds is 1. The second-order valence-corrected chi connectivity index (χ2v) is 4.05. The molecule has 0 fully saturated rings. The fourth-order valence-corrected chi connectivity index (χ4v) is 1.97. The summed E-state index contributed by atoms with van der Waals surface area (Å²) < 4.78 is 21.5. The van der Waals surface area contributed by atoms with E-state index in [9.17, 15) is 8.42 Å². The first kappa shape index (κ1) is 8.59. The van der Waals surface area contributed by atoms with Crippen LogP contribution in [0.15, 0.2) is 29.3 Å². The molecule has 1 N–H and O–H groups in total. The highest BCUT2D eigenvalue weighted by Crippen LogP contribution is 2.22. The lowest BCUT2D eigenvalue weighted by Gasteiger charge is -1.90. The molecule has 0 unspecified atom stereocenters. The van der Waals surface area contributed by atoms with Gasteiger partial charge in [0.15, 0.2) is 10.7 Å². The molecule has 0 atom stereocenters. The molecule has 0 saturated heterocycles. The van der Waals surface area contributed by atoms with E-state index >= 15 is 0 Å². The smallest absolute Gasteiger partial charge is 0.170 e. The van der Waals surface area contributed by atoms with E-state index < -0.39 is 10.7 Å². The molecule has 1 aromatic carbocycles. The number of H-pyrrole nitrogens is 1. The lowest BCUT2D eigenvalue weighted by atomic mass is 10.2. The number of hydrogen-bond donors (Lipinski definition) is 2. The van der Waals surface area contributed by atoms with Crippen molar-refractivity contribution in [1.29, 1.82) is 0 Å². The first-order valence-corrected chi connectivity index (χ1v) is 5.15. The molecule has 0 aliphatic carbocycles. The summed E-state index contributed by atoms with van der Waals surface area (Å²) >= 11 is 5.74. The average Bonchev–Trinajstić information content (AvgIpc) is 2.46. The van der Waals surface area contributed by atoms with Crippen LogP contribution < -0.4 is 0 Å². The van der Waals surface area contributed by atoms with Crippen LogP contribution in [0.1, 0.15) is 0 Å². The van der Waals surface area contributed by atoms with Gasteiger partial charge in [0.05, 0.1) is 4.90 Å². The Bertz CT molecular complexity index is 522. The minimum Gasteiger partial charge on any atom is -0.360 e. The number of thiol groups is 1. The van der Waals surface area contributed by atoms with E-state index in [1.807, 2.05) is 0 Å². The summed E-state index contributed by atoms with van der Waals surface area (Å²) in [5.41, 5.74) is 0.738. The van der Waals surface area contributed by atoms with E-state index in [1.165, 1.54) is 6.20 Å². The zero-order valence-corrected chi connectivity index (χ0v) is 8.10. The zero-order chi connectivity index (χ0) is 9.42. The van der Waals surface area contributed by atoms with Gasteiger partial charge in [-0.15, -0.1) is 0 Å². The Balaban J connectivity index is 2.83. The van der Waals surface area contributed by atoms with E-state index in [-0.39, 0.29) is 0 Å². The largest absolute Gasteiger partial charge is 0.360 e. The first-order chi connectivity index (χ1) is 6.18. The Morgan fingerprint density at radius 2 is 2.08 bits per heavy atom. The maximum absolute atomic E-state index is 10.7. The third kappa shape index (κ3) is 1.43. The lowest BCUT2D eigenvalue weighted by Crippen LogP contribution is -1.75. The second-order valence-electron chi connectivity index (χ2n) is 2.62. The molecule has 0 radical (unpaired) electrons. The molecule has 13 heavy (non-hydrogen) atoms. The van der Waals surface area contributed by atoms with Crippen molar-refractivity contribution in [1.82, 2.24) is 4.98 Å². The van der Waals surface area contributed by atoms with Crippen LogP contribution in [0.3, 0.4) is 0 Å². The van der Waals surface area contributed by atoms with Crippen molar-refractivity contribution in [3.05, 3.63) is 29.4 Å². The van der Waals surface area contributed by atoms with Crippen molar-refractivity contribution in [2.75, 3.05) is 0 Å². The average molecular weight is 216 g/mol. The third-order valence-electron chi connectivity index (χ3n) is 1.82. The topological polar surface area (TPSA) is 49.9 Å².